The molecule has 172 valence electrons. The summed E-state index contributed by atoms with van der Waals surface area (Å²) in [5.74, 6) is -7.45. The van der Waals surface area contributed by atoms with Crippen molar-refractivity contribution in [3.63, 3.8) is 0 Å². The zero-order valence-electron chi connectivity index (χ0n) is 17.2. The van der Waals surface area contributed by atoms with Gasteiger partial charge in [0, 0.05) is 10.8 Å². The third kappa shape index (κ3) is 2.72. The molecule has 0 aliphatic rings. The van der Waals surface area contributed by atoms with Gasteiger partial charge < -0.3 is 20.4 Å². The number of carboxylic acid groups (broad SMARTS) is 4. The minimum atomic E-state index is -1.98. The summed E-state index contributed by atoms with van der Waals surface area (Å²) in [5.41, 5.74) is -5.19. The van der Waals surface area contributed by atoms with Crippen molar-refractivity contribution in [1.82, 2.24) is 0 Å². The monoisotopic (exact) mass is 473 g/mol. The maximum Gasteiger partial charge on any atom is 0.343 e. The van der Waals surface area contributed by atoms with Gasteiger partial charge >= 0.3 is 23.9 Å². The smallest absolute Gasteiger partial charge is 0.343 e. The predicted octanol–water partition coefficient (Wildman–Crippen LogP) is 4.44. The number of aromatic carboxylic acids is 4. The third-order valence-electron chi connectivity index (χ3n) is 6.07. The Kier molecular flexibility index (Phi) is 4.36. The van der Waals surface area contributed by atoms with Gasteiger partial charge in [-0.05, 0) is 33.0 Å². The minimum Gasteiger partial charge on any atom is -0.478 e. The molecule has 0 amide bonds. The average molecular weight is 473 g/mol. The van der Waals surface area contributed by atoms with E-state index < -0.39 is 62.1 Å². The van der Waals surface area contributed by atoms with Gasteiger partial charge in [0.2, 0.25) is 0 Å². The van der Waals surface area contributed by atoms with E-state index in [2.05, 4.69) is 0 Å². The number of nitro benzene ring substituents is 1. The molecule has 0 saturated carbocycles. The van der Waals surface area contributed by atoms with Crippen LogP contribution in [-0.2, 0) is 0 Å². The number of carboxylic acids is 4. The first-order valence-electron chi connectivity index (χ1n) is 9.87. The Bertz CT molecular complexity index is 1830. The van der Waals surface area contributed by atoms with Crippen molar-refractivity contribution >= 4 is 72.7 Å². The van der Waals surface area contributed by atoms with E-state index in [1.807, 2.05) is 0 Å². The Morgan fingerprint density at radius 3 is 1.71 bits per heavy atom. The summed E-state index contributed by atoms with van der Waals surface area (Å²) in [6, 6.07) is 10.7. The molecule has 0 heterocycles. The maximum absolute atomic E-state index is 12.3. The number of hydrogen-bond donors (Lipinski definition) is 4. The molecular weight excluding hydrogens is 462 g/mol. The molecule has 35 heavy (non-hydrogen) atoms. The topological polar surface area (TPSA) is 192 Å². The minimum absolute atomic E-state index is 0.0456. The molecule has 0 saturated heterocycles. The largest absolute Gasteiger partial charge is 0.478 e. The molecule has 0 spiro atoms. The summed E-state index contributed by atoms with van der Waals surface area (Å²) < 4.78 is 0. The van der Waals surface area contributed by atoms with Gasteiger partial charge in [-0.2, -0.15) is 0 Å². The van der Waals surface area contributed by atoms with Crippen molar-refractivity contribution in [2.75, 3.05) is 0 Å². The summed E-state index contributed by atoms with van der Waals surface area (Å²) in [5, 5.41) is 52.2. The van der Waals surface area contributed by atoms with E-state index in [-0.39, 0.29) is 21.5 Å². The first-order chi connectivity index (χ1) is 16.6. The Balaban J connectivity index is 2.37. The van der Waals surface area contributed by atoms with E-state index in [4.69, 9.17) is 0 Å². The Hall–Kier alpha value is -5.32. The van der Waals surface area contributed by atoms with Gasteiger partial charge in [0.1, 0.15) is 0 Å². The van der Waals surface area contributed by atoms with Gasteiger partial charge in [0.05, 0.1) is 27.0 Å². The zero-order chi connectivity index (χ0) is 25.3. The quantitative estimate of drug-likeness (QED) is 0.123. The van der Waals surface area contributed by atoms with Crippen LogP contribution in [0.1, 0.15) is 41.4 Å². The highest BCUT2D eigenvalue weighted by molar-refractivity contribution is 6.40. The van der Waals surface area contributed by atoms with Crippen LogP contribution in [0.15, 0.2) is 42.5 Å². The second kappa shape index (κ2) is 7.09. The van der Waals surface area contributed by atoms with Crippen molar-refractivity contribution < 1.29 is 44.5 Å². The van der Waals surface area contributed by atoms with Crippen LogP contribution in [0.25, 0.3) is 43.1 Å². The molecule has 0 unspecified atom stereocenters. The average Bonchev–Trinajstić information content (AvgIpc) is 2.79. The third-order valence-corrected chi connectivity index (χ3v) is 6.07. The summed E-state index contributed by atoms with van der Waals surface area (Å²) in [6.45, 7) is 0. The fraction of sp³-hybridized carbons (Fsp3) is 0. The lowest BCUT2D eigenvalue weighted by Crippen LogP contribution is -2.17. The number of rotatable bonds is 5. The highest BCUT2D eigenvalue weighted by atomic mass is 16.6. The second-order valence-electron chi connectivity index (χ2n) is 7.76. The Morgan fingerprint density at radius 1 is 0.629 bits per heavy atom. The van der Waals surface area contributed by atoms with E-state index in [0.29, 0.717) is 16.2 Å². The van der Waals surface area contributed by atoms with Crippen LogP contribution in [0.3, 0.4) is 0 Å². The number of fused-ring (bicyclic) bond motifs is 2. The zero-order valence-corrected chi connectivity index (χ0v) is 17.2. The molecule has 0 atom stereocenters. The lowest BCUT2D eigenvalue weighted by Gasteiger charge is -2.19. The lowest BCUT2D eigenvalue weighted by atomic mass is 9.82. The number of benzene rings is 5. The van der Waals surface area contributed by atoms with E-state index in [1.54, 1.807) is 30.3 Å². The fourth-order valence-electron chi connectivity index (χ4n) is 4.92. The van der Waals surface area contributed by atoms with E-state index in [1.165, 1.54) is 6.07 Å². The lowest BCUT2D eigenvalue weighted by molar-refractivity contribution is -0.383. The van der Waals surface area contributed by atoms with E-state index >= 15 is 0 Å². The van der Waals surface area contributed by atoms with Crippen molar-refractivity contribution in [3.8, 4) is 0 Å². The molecule has 0 fully saturated rings. The summed E-state index contributed by atoms with van der Waals surface area (Å²) in [4.78, 5) is 60.0. The molecule has 11 heteroatoms. The van der Waals surface area contributed by atoms with Gasteiger partial charge in [0.25, 0.3) is 5.69 Å². The molecule has 11 nitrogen and oxygen atoms in total. The van der Waals surface area contributed by atoms with E-state index in [0.717, 1.165) is 6.07 Å². The first kappa shape index (κ1) is 21.5. The van der Waals surface area contributed by atoms with Gasteiger partial charge in [-0.1, -0.05) is 36.4 Å². The van der Waals surface area contributed by atoms with Crippen LogP contribution in [0.4, 0.5) is 5.69 Å². The number of nitrogens with zero attached hydrogens (tertiary/aromatic N) is 1. The van der Waals surface area contributed by atoms with Crippen LogP contribution in [0.5, 0.6) is 0 Å². The molecule has 5 aromatic rings. The Morgan fingerprint density at radius 2 is 1.20 bits per heavy atom. The van der Waals surface area contributed by atoms with Gasteiger partial charge in [-0.3, -0.25) is 10.1 Å². The molecule has 5 rings (SSSR count). The molecule has 0 aromatic heterocycles. The number of hydrogen-bond acceptors (Lipinski definition) is 6. The van der Waals surface area contributed by atoms with Crippen LogP contribution >= 0.6 is 0 Å². The summed E-state index contributed by atoms with van der Waals surface area (Å²) in [7, 11) is 0. The van der Waals surface area contributed by atoms with Crippen LogP contribution < -0.4 is 0 Å². The van der Waals surface area contributed by atoms with Gasteiger partial charge in [-0.25, -0.2) is 19.2 Å². The standard InChI is InChI=1S/C24H11NO10/c26-21(27)12-7-11-9-5-1-3-8-4-2-6-10(13(8)9)15-14(11)17(16(12)22(28)29)18(23(30)31)19(24(32)33)20(15)25(34)35/h1-7H,(H,26,27)(H,28,29)(H,30,31)(H,32,33). The molecule has 4 N–H and O–H groups in total. The van der Waals surface area contributed by atoms with Crippen molar-refractivity contribution in [2.45, 2.75) is 0 Å². The van der Waals surface area contributed by atoms with E-state index in [9.17, 15) is 49.7 Å². The van der Waals surface area contributed by atoms with Crippen molar-refractivity contribution in [2.24, 2.45) is 0 Å². The molecular formula is C24H11NO10. The maximum atomic E-state index is 12.3. The highest BCUT2D eigenvalue weighted by Gasteiger charge is 2.38. The SMILES string of the molecule is O=C(O)c1cc2c3cccc4cccc(c5c([N+](=O)[O-])c(C(=O)O)c(C(=O)O)c(c1C(=O)O)c25)c43. The molecule has 0 aliphatic heterocycles. The molecule has 0 radical (unpaired) electrons. The van der Waals surface area contributed by atoms with Crippen LogP contribution in [0, 0.1) is 10.1 Å². The first-order valence-corrected chi connectivity index (χ1v) is 9.87. The number of carbonyl (C=O) groups is 4. The molecule has 0 aliphatic carbocycles. The van der Waals surface area contributed by atoms with Crippen LogP contribution in [0.2, 0.25) is 0 Å². The fourth-order valence-corrected chi connectivity index (χ4v) is 4.92. The summed E-state index contributed by atoms with van der Waals surface area (Å²) >= 11 is 0. The number of nitro groups is 1. The molecule has 5 aromatic carbocycles. The Labute approximate surface area is 192 Å². The normalized spacial score (nSPS) is 11.4. The predicted molar refractivity (Wildman–Crippen MR) is 122 cm³/mol. The van der Waals surface area contributed by atoms with Gasteiger partial charge in [-0.15, -0.1) is 0 Å². The summed E-state index contributed by atoms with van der Waals surface area (Å²) in [6.07, 6.45) is 0. The van der Waals surface area contributed by atoms with Gasteiger partial charge in [0.15, 0.2) is 5.56 Å². The van der Waals surface area contributed by atoms with Crippen molar-refractivity contribution in [3.05, 3.63) is 74.8 Å². The van der Waals surface area contributed by atoms with Crippen LogP contribution in [-0.4, -0.2) is 49.2 Å². The molecule has 0 bridgehead atoms. The second-order valence-corrected chi connectivity index (χ2v) is 7.76. The van der Waals surface area contributed by atoms with Crippen molar-refractivity contribution in [1.29, 1.82) is 0 Å². The highest BCUT2D eigenvalue weighted by Crippen LogP contribution is 2.48.